The van der Waals surface area contributed by atoms with Crippen LogP contribution in [-0.4, -0.2) is 41.3 Å². The van der Waals surface area contributed by atoms with E-state index in [2.05, 4.69) is 0 Å². The second-order valence-corrected chi connectivity index (χ2v) is 5.37. The second kappa shape index (κ2) is 7.13. The van der Waals surface area contributed by atoms with E-state index in [1.807, 2.05) is 0 Å². The molecule has 5 nitrogen and oxygen atoms in total. The number of hydrogen-bond donors (Lipinski definition) is 0. The number of amides is 1. The zero-order valence-electron chi connectivity index (χ0n) is 11.9. The van der Waals surface area contributed by atoms with Crippen molar-refractivity contribution in [3.8, 4) is 0 Å². The number of ketones is 2. The summed E-state index contributed by atoms with van der Waals surface area (Å²) in [4.78, 5) is 35.2. The number of ether oxygens (including phenoxy) is 1. The Morgan fingerprint density at radius 3 is 1.61 bits per heavy atom. The van der Waals surface area contributed by atoms with E-state index in [4.69, 9.17) is 4.74 Å². The minimum atomic E-state index is -0.582. The topological polar surface area (TPSA) is 63.7 Å². The first-order chi connectivity index (χ1) is 8.11. The minimum Gasteiger partial charge on any atom is -0.444 e. The molecule has 104 valence electrons. The van der Waals surface area contributed by atoms with Gasteiger partial charge in [-0.2, -0.15) is 0 Å². The molecular weight excluding hydrogens is 234 g/mol. The van der Waals surface area contributed by atoms with E-state index < -0.39 is 11.7 Å². The SMILES string of the molecule is CC(=O)CCN(CCC(C)=O)C(=O)OC(C)(C)C. The zero-order chi connectivity index (χ0) is 14.3. The molecule has 0 aliphatic heterocycles. The predicted octanol–water partition coefficient (Wildman–Crippen LogP) is 2.18. The van der Waals surface area contributed by atoms with Crippen molar-refractivity contribution in [2.75, 3.05) is 13.1 Å². The molecule has 0 unspecified atom stereocenters. The Kier molecular flexibility index (Phi) is 6.58. The molecule has 0 atom stereocenters. The normalized spacial score (nSPS) is 10.9. The van der Waals surface area contributed by atoms with Crippen LogP contribution < -0.4 is 0 Å². The first kappa shape index (κ1) is 16.6. The smallest absolute Gasteiger partial charge is 0.410 e. The first-order valence-corrected chi connectivity index (χ1v) is 6.08. The van der Waals surface area contributed by atoms with Crippen LogP contribution in [0.2, 0.25) is 0 Å². The molecule has 0 radical (unpaired) electrons. The molecule has 0 heterocycles. The van der Waals surface area contributed by atoms with Gasteiger partial charge in [0.05, 0.1) is 0 Å². The van der Waals surface area contributed by atoms with Crippen LogP contribution in [0.1, 0.15) is 47.5 Å². The molecule has 0 spiro atoms. The Balaban J connectivity index is 4.48. The number of hydrogen-bond acceptors (Lipinski definition) is 4. The lowest BCUT2D eigenvalue weighted by Crippen LogP contribution is -2.39. The van der Waals surface area contributed by atoms with Gasteiger partial charge in [0, 0.05) is 25.9 Å². The van der Waals surface area contributed by atoms with Gasteiger partial charge in [-0.05, 0) is 34.6 Å². The molecule has 0 aromatic heterocycles. The van der Waals surface area contributed by atoms with E-state index >= 15 is 0 Å². The van der Waals surface area contributed by atoms with Gasteiger partial charge in [0.25, 0.3) is 0 Å². The largest absolute Gasteiger partial charge is 0.444 e. The quantitative estimate of drug-likeness (QED) is 0.731. The first-order valence-electron chi connectivity index (χ1n) is 6.08. The average Bonchev–Trinajstić information content (AvgIpc) is 2.13. The van der Waals surface area contributed by atoms with Gasteiger partial charge in [-0.3, -0.25) is 9.59 Å². The van der Waals surface area contributed by atoms with Gasteiger partial charge in [0.2, 0.25) is 0 Å². The third kappa shape index (κ3) is 8.73. The molecule has 0 bridgehead atoms. The fraction of sp³-hybridized carbons (Fsp3) is 0.769. The van der Waals surface area contributed by atoms with E-state index in [9.17, 15) is 14.4 Å². The van der Waals surface area contributed by atoms with Crippen LogP contribution in [-0.2, 0) is 14.3 Å². The van der Waals surface area contributed by atoms with Gasteiger partial charge in [0.1, 0.15) is 17.2 Å². The lowest BCUT2D eigenvalue weighted by atomic mass is 10.2. The molecule has 0 saturated heterocycles. The summed E-state index contributed by atoms with van der Waals surface area (Å²) in [5.41, 5.74) is -0.582. The van der Waals surface area contributed by atoms with Crippen molar-refractivity contribution in [3.63, 3.8) is 0 Å². The standard InChI is InChI=1S/C13H23NO4/c1-10(15)6-8-14(9-7-11(2)16)12(17)18-13(3,4)5/h6-9H2,1-5H3. The highest BCUT2D eigenvalue weighted by Gasteiger charge is 2.22. The fourth-order valence-corrected chi connectivity index (χ4v) is 1.21. The Morgan fingerprint density at radius 1 is 0.944 bits per heavy atom. The van der Waals surface area contributed by atoms with E-state index in [1.54, 1.807) is 20.8 Å². The summed E-state index contributed by atoms with van der Waals surface area (Å²) in [5.74, 6) is 0.0118. The summed E-state index contributed by atoms with van der Waals surface area (Å²) in [6.07, 6.45) is 0.0684. The number of nitrogens with zero attached hydrogens (tertiary/aromatic N) is 1. The highest BCUT2D eigenvalue weighted by atomic mass is 16.6. The number of Topliss-reactive ketones (excluding diaryl/α,β-unsaturated/α-hetero) is 2. The van der Waals surface area contributed by atoms with Crippen molar-refractivity contribution >= 4 is 17.7 Å². The van der Waals surface area contributed by atoms with Crippen LogP contribution in [0.4, 0.5) is 4.79 Å². The molecule has 18 heavy (non-hydrogen) atoms. The minimum absolute atomic E-state index is 0.00591. The van der Waals surface area contributed by atoms with Crippen molar-refractivity contribution in [2.45, 2.75) is 53.1 Å². The summed E-state index contributed by atoms with van der Waals surface area (Å²) in [7, 11) is 0. The van der Waals surface area contributed by atoms with Gasteiger partial charge < -0.3 is 9.64 Å². The summed E-state index contributed by atoms with van der Waals surface area (Å²) in [5, 5.41) is 0. The maximum atomic E-state index is 11.9. The lowest BCUT2D eigenvalue weighted by Gasteiger charge is -2.27. The van der Waals surface area contributed by atoms with Gasteiger partial charge in [-0.25, -0.2) is 4.79 Å². The van der Waals surface area contributed by atoms with Crippen LogP contribution in [0.3, 0.4) is 0 Å². The Morgan fingerprint density at radius 2 is 1.33 bits per heavy atom. The van der Waals surface area contributed by atoms with Crippen molar-refractivity contribution in [1.29, 1.82) is 0 Å². The number of carbonyl (C=O) groups excluding carboxylic acids is 3. The Bertz CT molecular complexity index is 299. The van der Waals surface area contributed by atoms with Crippen LogP contribution in [0.15, 0.2) is 0 Å². The van der Waals surface area contributed by atoms with E-state index in [1.165, 1.54) is 18.7 Å². The molecule has 0 aliphatic carbocycles. The fourth-order valence-electron chi connectivity index (χ4n) is 1.21. The van der Waals surface area contributed by atoms with Crippen LogP contribution in [0, 0.1) is 0 Å². The van der Waals surface area contributed by atoms with E-state index in [0.29, 0.717) is 0 Å². The number of carbonyl (C=O) groups is 3. The van der Waals surface area contributed by atoms with Crippen molar-refractivity contribution < 1.29 is 19.1 Å². The molecule has 0 rings (SSSR count). The van der Waals surface area contributed by atoms with Gasteiger partial charge in [0.15, 0.2) is 0 Å². The maximum absolute atomic E-state index is 11.9. The molecular formula is C13H23NO4. The summed E-state index contributed by atoms with van der Waals surface area (Å²) in [6, 6.07) is 0. The van der Waals surface area contributed by atoms with Gasteiger partial charge >= 0.3 is 6.09 Å². The summed E-state index contributed by atoms with van der Waals surface area (Å²) in [6.45, 7) is 8.85. The molecule has 0 aliphatic rings. The van der Waals surface area contributed by atoms with Gasteiger partial charge in [-0.15, -0.1) is 0 Å². The summed E-state index contributed by atoms with van der Waals surface area (Å²) >= 11 is 0. The van der Waals surface area contributed by atoms with Crippen molar-refractivity contribution in [3.05, 3.63) is 0 Å². The molecule has 5 heteroatoms. The average molecular weight is 257 g/mol. The highest BCUT2D eigenvalue weighted by molar-refractivity contribution is 5.78. The number of rotatable bonds is 6. The lowest BCUT2D eigenvalue weighted by molar-refractivity contribution is -0.117. The maximum Gasteiger partial charge on any atom is 0.410 e. The van der Waals surface area contributed by atoms with E-state index in [0.717, 1.165) is 0 Å². The van der Waals surface area contributed by atoms with E-state index in [-0.39, 0.29) is 37.5 Å². The van der Waals surface area contributed by atoms with Crippen LogP contribution in [0.5, 0.6) is 0 Å². The molecule has 0 aromatic rings. The van der Waals surface area contributed by atoms with Crippen molar-refractivity contribution in [2.24, 2.45) is 0 Å². The van der Waals surface area contributed by atoms with Crippen molar-refractivity contribution in [1.82, 2.24) is 4.90 Å². The molecule has 0 saturated carbocycles. The van der Waals surface area contributed by atoms with Gasteiger partial charge in [-0.1, -0.05) is 0 Å². The molecule has 0 N–H and O–H groups in total. The van der Waals surface area contributed by atoms with Crippen LogP contribution in [0.25, 0.3) is 0 Å². The predicted molar refractivity (Wildman–Crippen MR) is 68.4 cm³/mol. The van der Waals surface area contributed by atoms with Crippen LogP contribution >= 0.6 is 0 Å². The second-order valence-electron chi connectivity index (χ2n) is 5.37. The molecule has 1 amide bonds. The monoisotopic (exact) mass is 257 g/mol. The Labute approximate surface area is 108 Å². The highest BCUT2D eigenvalue weighted by Crippen LogP contribution is 2.10. The molecule has 0 aromatic carbocycles. The third-order valence-corrected chi connectivity index (χ3v) is 2.12. The Hall–Kier alpha value is -1.39. The third-order valence-electron chi connectivity index (χ3n) is 2.12. The zero-order valence-corrected chi connectivity index (χ0v) is 11.9. The molecule has 0 fully saturated rings. The summed E-state index contributed by atoms with van der Waals surface area (Å²) < 4.78 is 5.23.